The first-order valence-corrected chi connectivity index (χ1v) is 42.0. The minimum atomic E-state index is -3.72. The molecule has 0 fully saturated rings. The van der Waals surface area contributed by atoms with Crippen molar-refractivity contribution in [3.63, 3.8) is 0 Å². The Kier molecular flexibility index (Phi) is 54.9. The van der Waals surface area contributed by atoms with Crippen LogP contribution < -0.4 is 152 Å². The lowest BCUT2D eigenvalue weighted by Gasteiger charge is -2.12. The molecule has 0 saturated carbocycles. The molecular weight excluding hydrogens is 1860 g/mol. The van der Waals surface area contributed by atoms with E-state index in [1.165, 1.54) is 12.4 Å². The molecule has 0 unspecified atom stereocenters. The van der Waals surface area contributed by atoms with Gasteiger partial charge in [-0.1, -0.05) is 33.5 Å². The van der Waals surface area contributed by atoms with E-state index in [4.69, 9.17) is 20.9 Å². The van der Waals surface area contributed by atoms with Crippen LogP contribution in [0.2, 0.25) is 0 Å². The highest BCUT2D eigenvalue weighted by molar-refractivity contribution is 7.85. The van der Waals surface area contributed by atoms with E-state index in [1.807, 2.05) is 470 Å². The lowest BCUT2D eigenvalue weighted by molar-refractivity contribution is -0.904. The Bertz CT molecular complexity index is 5870. The van der Waals surface area contributed by atoms with Crippen molar-refractivity contribution in [2.24, 2.45) is 125 Å². The Hall–Kier alpha value is -14.1. The fraction of sp³-hybridized carbons (Fsp3) is 0.215. The third-order valence-corrected chi connectivity index (χ3v) is 18.4. The number of nitrogens with two attached hydrogens (primary N) is 1. The fourth-order valence-corrected chi connectivity index (χ4v) is 10.5. The van der Waals surface area contributed by atoms with Crippen molar-refractivity contribution in [2.45, 2.75) is 0 Å². The summed E-state index contributed by atoms with van der Waals surface area (Å²) in [4.78, 5) is 6.13. The zero-order valence-corrected chi connectivity index (χ0v) is 84.3. The third-order valence-electron chi connectivity index (χ3n) is 18.1. The molecule has 7 heterocycles. The number of aromatic nitrogens is 10. The normalized spacial score (nSPS) is 10.4. The van der Waals surface area contributed by atoms with Crippen molar-refractivity contribution in [2.75, 3.05) is 113 Å². The smallest absolute Gasteiger partial charge is 0.421 e. The second-order valence-electron chi connectivity index (χ2n) is 29.2. The van der Waals surface area contributed by atoms with Crippen molar-refractivity contribution in [1.29, 1.82) is 0 Å². The highest BCUT2D eigenvalue weighted by Crippen LogP contribution is 2.26. The molecule has 0 aliphatic rings. The van der Waals surface area contributed by atoms with E-state index >= 15 is 0 Å². The van der Waals surface area contributed by atoms with Gasteiger partial charge in [-0.25, -0.2) is 49.5 Å². The molecule has 4 N–H and O–H groups in total. The maximum atomic E-state index is 9.47. The second-order valence-corrected chi connectivity index (χ2v) is 30.7. The van der Waals surface area contributed by atoms with E-state index in [-0.39, 0.29) is 74.4 Å². The highest BCUT2D eigenvalue weighted by Gasteiger charge is 2.14. The Morgan fingerprint density at radius 3 is 0.904 bits per heavy atom. The summed E-state index contributed by atoms with van der Waals surface area (Å²) >= 11 is 0. The number of para-hydroxylation sites is 1. The first-order chi connectivity index (χ1) is 61.7. The van der Waals surface area contributed by atoms with Gasteiger partial charge in [0.05, 0.1) is 139 Å². The molecule has 718 valence electrons. The summed E-state index contributed by atoms with van der Waals surface area (Å²) in [6.07, 6.45) is 30.9. The first kappa shape index (κ1) is 119. The number of ether oxygens (including phenoxy) is 1. The molecule has 0 aliphatic carbocycles. The van der Waals surface area contributed by atoms with Crippen molar-refractivity contribution < 1.29 is 135 Å². The second kappa shape index (κ2) is 62.4. The Labute approximate surface area is 828 Å². The quantitative estimate of drug-likeness (QED) is 0.0113. The molecule has 0 amide bonds. The van der Waals surface area contributed by atoms with Gasteiger partial charge in [0.1, 0.15) is 44.0 Å². The molecule has 0 aliphatic heterocycles. The molecule has 0 atom stereocenters. The van der Waals surface area contributed by atoms with Crippen LogP contribution in [-0.4, -0.2) is 117 Å². The maximum absolute atomic E-state index is 9.47. The number of imidazole rings is 3. The van der Waals surface area contributed by atoms with Crippen molar-refractivity contribution in [3.05, 3.63) is 322 Å². The number of nitrogens with one attached hydrogen (secondary N) is 1. The monoisotopic (exact) mass is 1980 g/mol. The van der Waals surface area contributed by atoms with Crippen LogP contribution in [0.25, 0.3) is 0 Å². The van der Waals surface area contributed by atoms with Crippen LogP contribution >= 0.6 is 0 Å². The summed E-state index contributed by atoms with van der Waals surface area (Å²) in [5.41, 5.74) is 20.7. The van der Waals surface area contributed by atoms with Crippen molar-refractivity contribution >= 4 is 120 Å². The summed E-state index contributed by atoms with van der Waals surface area (Å²) in [5.74, 6) is 3.25. The van der Waals surface area contributed by atoms with Gasteiger partial charge in [0.25, 0.3) is 10.1 Å². The first-order valence-electron chi connectivity index (χ1n) is 40.1. The van der Waals surface area contributed by atoms with Crippen LogP contribution in [0.4, 0.5) is 97.5 Å². The summed E-state index contributed by atoms with van der Waals surface area (Å²) in [5, 5.41) is 75.3. The molecule has 0 saturated heterocycles. The number of benzene rings is 7. The van der Waals surface area contributed by atoms with Crippen LogP contribution in [0.5, 0.6) is 5.75 Å². The molecule has 7 aromatic carbocycles. The topological polar surface area (TPSA) is 340 Å². The van der Waals surface area contributed by atoms with Gasteiger partial charge >= 0.3 is 17.8 Å². The molecule has 0 spiro atoms. The Morgan fingerprint density at radius 1 is 0.370 bits per heavy atom. The van der Waals surface area contributed by atoms with E-state index in [2.05, 4.69) is 80.8 Å². The molecule has 42 heteroatoms. The average molecular weight is 1980 g/mol. The number of pyridine rings is 4. The molecule has 35 nitrogen and oxygen atoms in total. The van der Waals surface area contributed by atoms with E-state index in [9.17, 15) is 8.42 Å². The lowest BCUT2D eigenvalue weighted by Crippen LogP contribution is -3.00. The Morgan fingerprint density at radius 2 is 0.630 bits per heavy atom. The van der Waals surface area contributed by atoms with Gasteiger partial charge in [-0.15, -0.1) is 0 Å². The SMILES string of the molecule is CN(/N=C/c1cc[n+](C)cc1)c1ccccc1.CN(C)c1ccc(N=Nc2cc[n+](C)cc2)cc1.CN(C)c1ccc(N=Nc2cc[n+](O)cc2)cc1.CN(C)c1ccc(N=Nc2n(C)cc[n+]2C)cc1.CNc1ccc(N=Nc2n(C)cc[n+]2C)cc1.COc1ccc(N(C)/N=C/c2cc[n+](C)cc2)cc1.CS(=O)(=O)O[O-].Cn1cc[n+](C)c1N=Nc1ccc(N)cc1.[Cl-].[Cl-].[Cl-].[Cl-].[Cl-].[Cl-]. The fourth-order valence-electron chi connectivity index (χ4n) is 10.5. The molecule has 0 bridgehead atoms. The van der Waals surface area contributed by atoms with Gasteiger partial charge < -0.3 is 115 Å². The van der Waals surface area contributed by atoms with Gasteiger partial charge in [0.2, 0.25) is 12.4 Å². The molecule has 0 radical (unpaired) electrons. The van der Waals surface area contributed by atoms with E-state index in [0.717, 1.165) is 113 Å². The van der Waals surface area contributed by atoms with Gasteiger partial charge in [0.15, 0.2) is 37.2 Å². The molecule has 7 aromatic heterocycles. The number of nitrogens with zero attached hydrogens (tertiary/aromatic N) is 27. The van der Waals surface area contributed by atoms with Gasteiger partial charge in [-0.2, -0.15) is 30.7 Å². The van der Waals surface area contributed by atoms with E-state index in [1.54, 1.807) is 31.4 Å². The van der Waals surface area contributed by atoms with Crippen LogP contribution in [0.3, 0.4) is 0 Å². The standard InChI is InChI=1S/C15H18N3O.C14H17N4.C14H16N3.C13H18N5.C13H15N4O.C12H15N5.C11H13N5.CH4O4S.6ClH/c1-17-10-8-13(9-11-17)12-16-18(2)14-4-6-15(19-3)7-5-14;1-17(2)14-6-4-12(5-7-14)15-16-13-8-10-18(3)11-9-13;1-16-10-8-13(9-11-16)12-15-17(2)14-6-4-3-5-7-14;1-16(2)12-7-5-11(6-8-12)14-15-13-17(3)9-10-18(13)4;1-16(2)13-5-3-11(4-6-13)14-15-12-7-9-17(18)10-8-12;1-13-10-4-6-11(7-5-10)14-15-12-16(2)8-9-17(12)3;1-15-7-8-16(2)11(15)14-13-10-5-3-9(12)4-6-10;1-6(3,4)5-2;;;;;;/h4-12H,1-3H3;4-11H,1-3H3;3-12H,1-2H3;5-10H,1-4H3;3-10,18H,1-2H3;4-9H,1-3H3;3-8,12H,1-2H3;2H,1H3;6*1H/q5*+1;;;;;;;;;/p-5. The maximum Gasteiger partial charge on any atom is 0.421 e. The lowest BCUT2D eigenvalue weighted by atomic mass is 10.3. The minimum Gasteiger partial charge on any atom is -1.00 e. The number of hydrogen-bond donors (Lipinski definition) is 3. The van der Waals surface area contributed by atoms with E-state index < -0.39 is 10.1 Å². The molecule has 14 aromatic rings. The number of azo groups is 5. The minimum absolute atomic E-state index is 0. The number of methoxy groups -OCH3 is 1. The average Bonchev–Trinajstić information content (AvgIpc) is 1.72. The van der Waals surface area contributed by atoms with E-state index in [0.29, 0.717) is 11.9 Å². The summed E-state index contributed by atoms with van der Waals surface area (Å²) < 4.78 is 45.1. The van der Waals surface area contributed by atoms with Gasteiger partial charge in [0, 0.05) is 172 Å². The van der Waals surface area contributed by atoms with Crippen molar-refractivity contribution in [1.82, 2.24) is 13.7 Å². The van der Waals surface area contributed by atoms with Crippen LogP contribution in [-0.2, 0) is 77.9 Å². The Balaban J connectivity index is 0.000000774. The zero-order chi connectivity index (χ0) is 93.8. The van der Waals surface area contributed by atoms with Crippen molar-refractivity contribution in [3.8, 4) is 5.75 Å². The number of rotatable bonds is 22. The predicted octanol–water partition coefficient (Wildman–Crippen LogP) is -3.60. The number of halogens is 6. The van der Waals surface area contributed by atoms with Gasteiger partial charge in [-0.3, -0.25) is 15.2 Å². The molecule has 135 heavy (non-hydrogen) atoms. The molecule has 14 rings (SSSR count). The van der Waals surface area contributed by atoms with Crippen LogP contribution in [0.1, 0.15) is 11.1 Å². The summed E-state index contributed by atoms with van der Waals surface area (Å²) in [7, 11) is 33.3. The highest BCUT2D eigenvalue weighted by atomic mass is 35.5. The molecular formula is C93H117Cl6N29O6S. The number of aryl methyl sites for hydroxylation is 9. The van der Waals surface area contributed by atoms with Crippen LogP contribution in [0, 0.1) is 0 Å². The zero-order valence-electron chi connectivity index (χ0n) is 78.9. The number of hydrogen-bond acceptors (Lipinski definition) is 25. The number of anilines is 7. The van der Waals surface area contributed by atoms with Crippen LogP contribution in [0.15, 0.2) is 373 Å². The number of nitrogen functional groups attached to an aromatic ring is 1. The third kappa shape index (κ3) is 43.9. The largest absolute Gasteiger partial charge is 1.00 e. The van der Waals surface area contributed by atoms with Gasteiger partial charge in [-0.05, 0) is 158 Å². The predicted molar refractivity (Wildman–Crippen MR) is 504 cm³/mol. The number of hydrazone groups is 2. The summed E-state index contributed by atoms with van der Waals surface area (Å²) in [6, 6.07) is 72.0. The summed E-state index contributed by atoms with van der Waals surface area (Å²) in [6.45, 7) is 0.